The Kier molecular flexibility index (Phi) is 6.86. The zero-order chi connectivity index (χ0) is 19.2. The number of amides is 2. The molecule has 1 saturated carbocycles. The van der Waals surface area contributed by atoms with E-state index in [0.717, 1.165) is 31.2 Å². The third kappa shape index (κ3) is 5.30. The van der Waals surface area contributed by atoms with Gasteiger partial charge in [-0.25, -0.2) is 4.39 Å². The third-order valence-corrected chi connectivity index (χ3v) is 6.11. The summed E-state index contributed by atoms with van der Waals surface area (Å²) in [5, 5.41) is 0. The fraction of sp³-hybridized carbons (Fsp3) is 0.636. The van der Waals surface area contributed by atoms with Gasteiger partial charge in [-0.1, -0.05) is 37.8 Å². The van der Waals surface area contributed by atoms with Crippen LogP contribution in [-0.4, -0.2) is 47.8 Å². The molecule has 2 aliphatic rings. The summed E-state index contributed by atoms with van der Waals surface area (Å²) in [4.78, 5) is 29.4. The maximum absolute atomic E-state index is 13.0. The predicted octanol–water partition coefficient (Wildman–Crippen LogP) is 3.79. The van der Waals surface area contributed by atoms with E-state index in [1.807, 2.05) is 16.8 Å². The lowest BCUT2D eigenvalue weighted by Crippen LogP contribution is -2.48. The standard InChI is InChI=1S/C22H31FN2O2/c1-24(20-8-4-2-3-5-9-20)22(27)18-7-6-14-25(16-18)21(26)15-17-10-12-19(23)13-11-17/h10-13,18,20H,2-9,14-16H2,1H3. The molecule has 0 spiro atoms. The average molecular weight is 375 g/mol. The molecule has 3 rings (SSSR count). The van der Waals surface area contributed by atoms with Crippen molar-refractivity contribution in [1.29, 1.82) is 0 Å². The molecule has 0 aromatic heterocycles. The SMILES string of the molecule is CN(C(=O)C1CCCN(C(=O)Cc2ccc(F)cc2)C1)C1CCCCCC1. The Balaban J connectivity index is 1.56. The Morgan fingerprint density at radius 2 is 1.70 bits per heavy atom. The van der Waals surface area contributed by atoms with Gasteiger partial charge in [-0.2, -0.15) is 0 Å². The number of hydrogen-bond donors (Lipinski definition) is 0. The third-order valence-electron chi connectivity index (χ3n) is 6.11. The number of carbonyl (C=O) groups excluding carboxylic acids is 2. The number of carbonyl (C=O) groups is 2. The van der Waals surface area contributed by atoms with Crippen molar-refractivity contribution in [2.45, 2.75) is 63.8 Å². The van der Waals surface area contributed by atoms with Gasteiger partial charge in [-0.3, -0.25) is 9.59 Å². The van der Waals surface area contributed by atoms with E-state index >= 15 is 0 Å². The monoisotopic (exact) mass is 374 g/mol. The lowest BCUT2D eigenvalue weighted by atomic mass is 9.94. The van der Waals surface area contributed by atoms with Gasteiger partial charge in [0.2, 0.25) is 11.8 Å². The molecule has 0 N–H and O–H groups in total. The molecule has 1 unspecified atom stereocenters. The molecular weight excluding hydrogens is 343 g/mol. The highest BCUT2D eigenvalue weighted by atomic mass is 19.1. The van der Waals surface area contributed by atoms with Crippen molar-refractivity contribution in [1.82, 2.24) is 9.80 Å². The molecule has 0 bridgehead atoms. The van der Waals surface area contributed by atoms with Crippen LogP contribution in [0, 0.1) is 11.7 Å². The maximum Gasteiger partial charge on any atom is 0.227 e. The van der Waals surface area contributed by atoms with Crippen LogP contribution in [-0.2, 0) is 16.0 Å². The van der Waals surface area contributed by atoms with Crippen LogP contribution >= 0.6 is 0 Å². The average Bonchev–Trinajstić information content (AvgIpc) is 2.98. The van der Waals surface area contributed by atoms with Gasteiger partial charge in [0, 0.05) is 26.2 Å². The fourth-order valence-corrected chi connectivity index (χ4v) is 4.41. The van der Waals surface area contributed by atoms with E-state index in [2.05, 4.69) is 0 Å². The number of benzene rings is 1. The summed E-state index contributed by atoms with van der Waals surface area (Å²) in [6, 6.07) is 6.42. The number of nitrogens with zero attached hydrogens (tertiary/aromatic N) is 2. The Morgan fingerprint density at radius 1 is 1.04 bits per heavy atom. The smallest absolute Gasteiger partial charge is 0.227 e. The van der Waals surface area contributed by atoms with Crippen LogP contribution in [0.4, 0.5) is 4.39 Å². The van der Waals surface area contributed by atoms with Crippen molar-refractivity contribution in [2.24, 2.45) is 5.92 Å². The van der Waals surface area contributed by atoms with Crippen LogP contribution in [0.1, 0.15) is 56.9 Å². The Labute approximate surface area is 161 Å². The lowest BCUT2D eigenvalue weighted by Gasteiger charge is -2.36. The first-order chi connectivity index (χ1) is 13.0. The molecule has 148 valence electrons. The highest BCUT2D eigenvalue weighted by Gasteiger charge is 2.32. The molecule has 5 heteroatoms. The molecule has 1 aliphatic carbocycles. The number of hydrogen-bond acceptors (Lipinski definition) is 2. The molecule has 4 nitrogen and oxygen atoms in total. The first-order valence-electron chi connectivity index (χ1n) is 10.3. The molecule has 1 atom stereocenters. The summed E-state index contributed by atoms with van der Waals surface area (Å²) in [7, 11) is 1.94. The maximum atomic E-state index is 13.0. The van der Waals surface area contributed by atoms with Crippen molar-refractivity contribution in [3.63, 3.8) is 0 Å². The molecule has 1 saturated heterocycles. The molecule has 27 heavy (non-hydrogen) atoms. The van der Waals surface area contributed by atoms with Gasteiger partial charge in [0.1, 0.15) is 5.82 Å². The van der Waals surface area contributed by atoms with Crippen molar-refractivity contribution < 1.29 is 14.0 Å². The van der Waals surface area contributed by atoms with Crippen LogP contribution in [0.3, 0.4) is 0 Å². The van der Waals surface area contributed by atoms with Crippen LogP contribution in [0.5, 0.6) is 0 Å². The van der Waals surface area contributed by atoms with E-state index in [-0.39, 0.29) is 30.0 Å². The highest BCUT2D eigenvalue weighted by molar-refractivity contribution is 5.82. The number of halogens is 1. The van der Waals surface area contributed by atoms with Crippen molar-refractivity contribution in [3.8, 4) is 0 Å². The lowest BCUT2D eigenvalue weighted by molar-refractivity contribution is -0.141. The summed E-state index contributed by atoms with van der Waals surface area (Å²) in [5.41, 5.74) is 0.811. The van der Waals surface area contributed by atoms with E-state index in [1.54, 1.807) is 12.1 Å². The Morgan fingerprint density at radius 3 is 2.37 bits per heavy atom. The summed E-state index contributed by atoms with van der Waals surface area (Å²) in [6.45, 7) is 1.22. The van der Waals surface area contributed by atoms with Crippen LogP contribution in [0.15, 0.2) is 24.3 Å². The molecule has 2 amide bonds. The van der Waals surface area contributed by atoms with Crippen LogP contribution in [0.2, 0.25) is 0 Å². The minimum Gasteiger partial charge on any atom is -0.342 e. The van der Waals surface area contributed by atoms with Crippen LogP contribution in [0.25, 0.3) is 0 Å². The van der Waals surface area contributed by atoms with Crippen LogP contribution < -0.4 is 0 Å². The molecule has 1 aliphatic heterocycles. The quantitative estimate of drug-likeness (QED) is 0.753. The second kappa shape index (κ2) is 9.34. The van der Waals surface area contributed by atoms with Gasteiger partial charge >= 0.3 is 0 Å². The molecule has 1 aromatic rings. The van der Waals surface area contributed by atoms with E-state index < -0.39 is 0 Å². The second-order valence-corrected chi connectivity index (χ2v) is 8.08. The summed E-state index contributed by atoms with van der Waals surface area (Å²) in [6.07, 6.45) is 9.13. The molecule has 1 aromatic carbocycles. The van der Waals surface area contributed by atoms with Crippen molar-refractivity contribution in [3.05, 3.63) is 35.6 Å². The minimum absolute atomic E-state index is 0.0243. The normalized spacial score (nSPS) is 21.6. The largest absolute Gasteiger partial charge is 0.342 e. The summed E-state index contributed by atoms with van der Waals surface area (Å²) >= 11 is 0. The fourth-order valence-electron chi connectivity index (χ4n) is 4.41. The van der Waals surface area contributed by atoms with Gasteiger partial charge in [-0.05, 0) is 43.4 Å². The minimum atomic E-state index is -0.295. The molecule has 1 heterocycles. The van der Waals surface area contributed by atoms with Gasteiger partial charge in [0.05, 0.1) is 12.3 Å². The summed E-state index contributed by atoms with van der Waals surface area (Å²) in [5.74, 6) is -0.169. The highest BCUT2D eigenvalue weighted by Crippen LogP contribution is 2.25. The van der Waals surface area contributed by atoms with Gasteiger partial charge < -0.3 is 9.80 Å². The van der Waals surface area contributed by atoms with Crippen molar-refractivity contribution >= 4 is 11.8 Å². The Hall–Kier alpha value is -1.91. The zero-order valence-corrected chi connectivity index (χ0v) is 16.3. The predicted molar refractivity (Wildman–Crippen MR) is 104 cm³/mol. The van der Waals surface area contributed by atoms with E-state index in [0.29, 0.717) is 19.1 Å². The molecular formula is C22H31FN2O2. The Bertz CT molecular complexity index is 638. The van der Waals surface area contributed by atoms with E-state index in [9.17, 15) is 14.0 Å². The van der Waals surface area contributed by atoms with Gasteiger partial charge in [-0.15, -0.1) is 0 Å². The molecule has 2 fully saturated rings. The number of likely N-dealkylation sites (tertiary alicyclic amines) is 1. The van der Waals surface area contributed by atoms with Gasteiger partial charge in [0.25, 0.3) is 0 Å². The van der Waals surface area contributed by atoms with E-state index in [1.165, 1.54) is 37.8 Å². The number of rotatable bonds is 4. The first kappa shape index (κ1) is 19.8. The zero-order valence-electron chi connectivity index (χ0n) is 16.3. The van der Waals surface area contributed by atoms with Gasteiger partial charge in [0.15, 0.2) is 0 Å². The number of piperidine rings is 1. The van der Waals surface area contributed by atoms with E-state index in [4.69, 9.17) is 0 Å². The van der Waals surface area contributed by atoms with Crippen molar-refractivity contribution in [2.75, 3.05) is 20.1 Å². The topological polar surface area (TPSA) is 40.6 Å². The summed E-state index contributed by atoms with van der Waals surface area (Å²) < 4.78 is 13.0. The first-order valence-corrected chi connectivity index (χ1v) is 10.3. The second-order valence-electron chi connectivity index (χ2n) is 8.08. The molecule has 0 radical (unpaired) electrons.